The largest absolute Gasteiger partial charge is 0.444 e. The summed E-state index contributed by atoms with van der Waals surface area (Å²) >= 11 is 0. The first-order valence-corrected chi connectivity index (χ1v) is 11.2. The molecule has 2 aromatic carbocycles. The summed E-state index contributed by atoms with van der Waals surface area (Å²) in [6.07, 6.45) is 0.245. The molecule has 7 heteroatoms. The zero-order valence-electron chi connectivity index (χ0n) is 19.6. The van der Waals surface area contributed by atoms with Gasteiger partial charge in [0.15, 0.2) is 5.69 Å². The van der Waals surface area contributed by atoms with Crippen LogP contribution in [-0.4, -0.2) is 38.8 Å². The molecule has 0 saturated carbocycles. The fourth-order valence-corrected chi connectivity index (χ4v) is 4.03. The lowest BCUT2D eigenvalue weighted by Gasteiger charge is -2.30. The number of benzene rings is 2. The first kappa shape index (κ1) is 22.6. The zero-order valence-corrected chi connectivity index (χ0v) is 19.6. The van der Waals surface area contributed by atoms with Crippen molar-refractivity contribution in [2.24, 2.45) is 7.05 Å². The number of aromatic nitrogens is 2. The quantitative estimate of drug-likeness (QED) is 0.589. The van der Waals surface area contributed by atoms with E-state index in [-0.39, 0.29) is 12.0 Å². The second kappa shape index (κ2) is 9.10. The molecule has 0 radical (unpaired) electrons. The number of amides is 2. The van der Waals surface area contributed by atoms with Crippen LogP contribution in [0.15, 0.2) is 60.7 Å². The Balaban J connectivity index is 1.66. The highest BCUT2D eigenvalue weighted by Gasteiger charge is 2.33. The second-order valence-corrected chi connectivity index (χ2v) is 9.26. The fraction of sp³-hybridized carbons (Fsp3) is 0.346. The van der Waals surface area contributed by atoms with Gasteiger partial charge in [-0.25, -0.2) is 4.79 Å². The number of anilines is 1. The van der Waals surface area contributed by atoms with E-state index in [0.717, 1.165) is 22.5 Å². The highest BCUT2D eigenvalue weighted by Crippen LogP contribution is 2.27. The van der Waals surface area contributed by atoms with E-state index >= 15 is 0 Å². The molecular weight excluding hydrogens is 416 g/mol. The first-order chi connectivity index (χ1) is 15.7. The van der Waals surface area contributed by atoms with Gasteiger partial charge in [0.1, 0.15) is 5.60 Å². The lowest BCUT2D eigenvalue weighted by Crippen LogP contribution is -2.40. The molecule has 3 aromatic rings. The van der Waals surface area contributed by atoms with Crippen LogP contribution in [0.2, 0.25) is 0 Å². The van der Waals surface area contributed by atoms with E-state index in [1.54, 1.807) is 14.5 Å². The third-order valence-electron chi connectivity index (χ3n) is 5.59. The molecule has 1 aliphatic rings. The number of fused-ring (bicyclic) bond motifs is 1. The molecule has 1 aromatic heterocycles. The summed E-state index contributed by atoms with van der Waals surface area (Å²) in [5, 5.41) is 4.60. The Labute approximate surface area is 194 Å². The standard InChI is InChI=1S/C26H30N4O3/c1-26(2,3)33-25(32)29-16-15-22-21(18-29)23(27-28(22)4)24(31)30(20-13-9-6-10-14-20)17-19-11-7-5-8-12-19/h5-14H,15-18H2,1-4H3. The van der Waals surface area contributed by atoms with Gasteiger partial charge < -0.3 is 14.5 Å². The van der Waals surface area contributed by atoms with Gasteiger partial charge in [-0.2, -0.15) is 5.10 Å². The minimum absolute atomic E-state index is 0.187. The van der Waals surface area contributed by atoms with Gasteiger partial charge in [0.25, 0.3) is 5.91 Å². The molecule has 33 heavy (non-hydrogen) atoms. The molecule has 0 spiro atoms. The highest BCUT2D eigenvalue weighted by atomic mass is 16.6. The maximum absolute atomic E-state index is 13.9. The number of ether oxygens (including phenoxy) is 1. The average Bonchev–Trinajstić information content (AvgIpc) is 3.13. The van der Waals surface area contributed by atoms with Crippen LogP contribution >= 0.6 is 0 Å². The number of carbonyl (C=O) groups excluding carboxylic acids is 2. The SMILES string of the molecule is Cn1nc(C(=O)N(Cc2ccccc2)c2ccccc2)c2c1CCN(C(=O)OC(C)(C)C)C2. The lowest BCUT2D eigenvalue weighted by molar-refractivity contribution is 0.0221. The van der Waals surface area contributed by atoms with Crippen molar-refractivity contribution in [2.75, 3.05) is 11.4 Å². The van der Waals surface area contributed by atoms with Crippen molar-refractivity contribution in [3.8, 4) is 0 Å². The predicted molar refractivity (Wildman–Crippen MR) is 127 cm³/mol. The summed E-state index contributed by atoms with van der Waals surface area (Å²) in [6.45, 7) is 6.79. The van der Waals surface area contributed by atoms with Gasteiger partial charge in [0.05, 0.1) is 13.1 Å². The van der Waals surface area contributed by atoms with E-state index in [4.69, 9.17) is 4.74 Å². The Morgan fingerprint density at radius 1 is 1.03 bits per heavy atom. The molecule has 0 N–H and O–H groups in total. The first-order valence-electron chi connectivity index (χ1n) is 11.2. The summed E-state index contributed by atoms with van der Waals surface area (Å²) in [5.74, 6) is -0.187. The molecule has 0 aliphatic carbocycles. The number of carbonyl (C=O) groups is 2. The predicted octanol–water partition coefficient (Wildman–Crippen LogP) is 4.56. The number of nitrogens with zero attached hydrogens (tertiary/aromatic N) is 4. The molecule has 0 saturated heterocycles. The number of hydrogen-bond donors (Lipinski definition) is 0. The molecule has 172 valence electrons. The molecule has 7 nitrogen and oxygen atoms in total. The number of rotatable bonds is 4. The minimum Gasteiger partial charge on any atom is -0.444 e. The van der Waals surface area contributed by atoms with Crippen molar-refractivity contribution in [3.05, 3.63) is 83.2 Å². The third kappa shape index (κ3) is 5.08. The maximum Gasteiger partial charge on any atom is 0.410 e. The minimum atomic E-state index is -0.579. The van der Waals surface area contributed by atoms with Gasteiger partial charge >= 0.3 is 6.09 Å². The van der Waals surface area contributed by atoms with Crippen molar-refractivity contribution in [3.63, 3.8) is 0 Å². The fourth-order valence-electron chi connectivity index (χ4n) is 4.03. The zero-order chi connectivity index (χ0) is 23.6. The molecule has 0 atom stereocenters. The third-order valence-corrected chi connectivity index (χ3v) is 5.59. The van der Waals surface area contributed by atoms with Crippen LogP contribution in [0, 0.1) is 0 Å². The Morgan fingerprint density at radius 2 is 1.67 bits per heavy atom. The molecule has 2 heterocycles. The smallest absolute Gasteiger partial charge is 0.410 e. The van der Waals surface area contributed by atoms with Crippen LogP contribution in [0.3, 0.4) is 0 Å². The van der Waals surface area contributed by atoms with Crippen molar-refractivity contribution < 1.29 is 14.3 Å². The van der Waals surface area contributed by atoms with Gasteiger partial charge in [-0.15, -0.1) is 0 Å². The Morgan fingerprint density at radius 3 is 2.30 bits per heavy atom. The van der Waals surface area contributed by atoms with E-state index in [0.29, 0.717) is 31.7 Å². The lowest BCUT2D eigenvalue weighted by atomic mass is 10.0. The Bertz CT molecular complexity index is 1130. The summed E-state index contributed by atoms with van der Waals surface area (Å²) in [4.78, 5) is 29.9. The van der Waals surface area contributed by atoms with Gasteiger partial charge in [-0.3, -0.25) is 9.48 Å². The van der Waals surface area contributed by atoms with Crippen molar-refractivity contribution >= 4 is 17.7 Å². The normalized spacial score (nSPS) is 13.4. The van der Waals surface area contributed by atoms with Crippen LogP contribution in [-0.2, 0) is 31.3 Å². The van der Waals surface area contributed by atoms with Gasteiger partial charge in [0.2, 0.25) is 0 Å². The summed E-state index contributed by atoms with van der Waals surface area (Å²) in [5.41, 5.74) is 3.38. The van der Waals surface area contributed by atoms with Crippen LogP contribution in [0.1, 0.15) is 48.1 Å². The molecule has 4 rings (SSSR count). The maximum atomic E-state index is 13.9. The Hall–Kier alpha value is -3.61. The van der Waals surface area contributed by atoms with E-state index in [9.17, 15) is 9.59 Å². The molecule has 0 unspecified atom stereocenters. The molecule has 0 fully saturated rings. The van der Waals surface area contributed by atoms with E-state index in [1.807, 2.05) is 88.5 Å². The van der Waals surface area contributed by atoms with Crippen LogP contribution in [0.4, 0.5) is 10.5 Å². The highest BCUT2D eigenvalue weighted by molar-refractivity contribution is 6.05. The summed E-state index contributed by atoms with van der Waals surface area (Å²) < 4.78 is 7.32. The van der Waals surface area contributed by atoms with Gasteiger partial charge in [-0.05, 0) is 38.5 Å². The van der Waals surface area contributed by atoms with Crippen LogP contribution < -0.4 is 4.90 Å². The van der Waals surface area contributed by atoms with E-state index in [1.165, 1.54) is 0 Å². The van der Waals surface area contributed by atoms with Crippen molar-refractivity contribution in [2.45, 2.75) is 45.9 Å². The van der Waals surface area contributed by atoms with Crippen LogP contribution in [0.5, 0.6) is 0 Å². The van der Waals surface area contributed by atoms with E-state index < -0.39 is 5.60 Å². The number of para-hydroxylation sites is 1. The summed E-state index contributed by atoms with van der Waals surface area (Å²) in [6, 6.07) is 19.5. The number of hydrogen-bond acceptors (Lipinski definition) is 4. The monoisotopic (exact) mass is 446 g/mol. The molecule has 2 amide bonds. The average molecular weight is 447 g/mol. The second-order valence-electron chi connectivity index (χ2n) is 9.26. The van der Waals surface area contributed by atoms with Crippen LogP contribution in [0.25, 0.3) is 0 Å². The van der Waals surface area contributed by atoms with Crippen molar-refractivity contribution in [1.82, 2.24) is 14.7 Å². The van der Waals surface area contributed by atoms with Crippen molar-refractivity contribution in [1.29, 1.82) is 0 Å². The van der Waals surface area contributed by atoms with Gasteiger partial charge in [0, 0.05) is 37.0 Å². The molecule has 0 bridgehead atoms. The number of aryl methyl sites for hydroxylation is 1. The molecule has 1 aliphatic heterocycles. The molecular formula is C26H30N4O3. The van der Waals surface area contributed by atoms with E-state index in [2.05, 4.69) is 5.10 Å². The summed E-state index contributed by atoms with van der Waals surface area (Å²) in [7, 11) is 1.85. The van der Waals surface area contributed by atoms with Gasteiger partial charge in [-0.1, -0.05) is 48.5 Å². The topological polar surface area (TPSA) is 67.7 Å². The Kier molecular flexibility index (Phi) is 6.22.